The number of nitrogens with two attached hydrogens (primary N) is 1. The first-order chi connectivity index (χ1) is 7.69. The van der Waals surface area contributed by atoms with Crippen LogP contribution in [0.15, 0.2) is 29.3 Å². The van der Waals surface area contributed by atoms with Gasteiger partial charge >= 0.3 is 0 Å². The third kappa shape index (κ3) is 2.13. The first-order valence-electron chi connectivity index (χ1n) is 4.96. The van der Waals surface area contributed by atoms with E-state index in [1.807, 2.05) is 24.3 Å². The fraction of sp³-hybridized carbons (Fsp3) is 0.273. The zero-order valence-electron chi connectivity index (χ0n) is 8.93. The van der Waals surface area contributed by atoms with E-state index in [-0.39, 0.29) is 17.9 Å². The number of carbonyl (C=O) groups is 1. The molecule has 1 aliphatic rings. The topological polar surface area (TPSA) is 76.7 Å². The normalized spacial score (nSPS) is 19.9. The molecule has 1 aromatic rings. The van der Waals surface area contributed by atoms with Gasteiger partial charge < -0.3 is 10.5 Å². The van der Waals surface area contributed by atoms with Crippen molar-refractivity contribution < 1.29 is 9.53 Å². The minimum Gasteiger partial charge on any atom is -0.497 e. The zero-order valence-corrected chi connectivity index (χ0v) is 8.93. The smallest absolute Gasteiger partial charge is 0.229 e. The molecule has 1 atom stereocenters. The fourth-order valence-electron chi connectivity index (χ4n) is 1.66. The summed E-state index contributed by atoms with van der Waals surface area (Å²) >= 11 is 0. The van der Waals surface area contributed by atoms with Crippen molar-refractivity contribution in [3.8, 4) is 5.75 Å². The Morgan fingerprint density at radius 2 is 2.38 bits per heavy atom. The lowest BCUT2D eigenvalue weighted by molar-refractivity contribution is -0.120. The molecule has 0 saturated heterocycles. The van der Waals surface area contributed by atoms with E-state index >= 15 is 0 Å². The highest BCUT2D eigenvalue weighted by molar-refractivity contribution is 5.98. The average molecular weight is 219 g/mol. The minimum atomic E-state index is -0.219. The van der Waals surface area contributed by atoms with Gasteiger partial charge in [-0.2, -0.15) is 0 Å². The molecule has 1 amide bonds. The predicted molar refractivity (Wildman–Crippen MR) is 60.1 cm³/mol. The van der Waals surface area contributed by atoms with Crippen LogP contribution in [0.5, 0.6) is 5.75 Å². The van der Waals surface area contributed by atoms with Crippen molar-refractivity contribution in [2.24, 2.45) is 10.7 Å². The molecule has 5 heteroatoms. The number of methoxy groups -OCH3 is 1. The summed E-state index contributed by atoms with van der Waals surface area (Å²) in [4.78, 5) is 15.5. The Kier molecular flexibility index (Phi) is 2.76. The van der Waals surface area contributed by atoms with Crippen LogP contribution in [0.3, 0.4) is 0 Å². The van der Waals surface area contributed by atoms with Crippen molar-refractivity contribution in [2.75, 3.05) is 7.11 Å². The number of guanidine groups is 1. The van der Waals surface area contributed by atoms with Crippen molar-refractivity contribution in [2.45, 2.75) is 12.5 Å². The SMILES string of the molecule is COc1cccc(C2CC(=O)NC(N)=N2)c1. The van der Waals surface area contributed by atoms with Crippen LogP contribution < -0.4 is 15.8 Å². The molecule has 2 rings (SSSR count). The van der Waals surface area contributed by atoms with Crippen molar-refractivity contribution in [3.63, 3.8) is 0 Å². The fourth-order valence-corrected chi connectivity index (χ4v) is 1.66. The van der Waals surface area contributed by atoms with Crippen molar-refractivity contribution in [1.29, 1.82) is 0 Å². The van der Waals surface area contributed by atoms with Gasteiger partial charge in [0.1, 0.15) is 5.75 Å². The maximum Gasteiger partial charge on any atom is 0.229 e. The summed E-state index contributed by atoms with van der Waals surface area (Å²) in [6.45, 7) is 0. The zero-order chi connectivity index (χ0) is 11.5. The van der Waals surface area contributed by atoms with Crippen LogP contribution in [0.1, 0.15) is 18.0 Å². The molecule has 0 radical (unpaired) electrons. The molecule has 1 aliphatic heterocycles. The van der Waals surface area contributed by atoms with Gasteiger partial charge in [-0.15, -0.1) is 0 Å². The minimum absolute atomic E-state index is 0.111. The number of nitrogens with one attached hydrogen (secondary N) is 1. The Morgan fingerprint density at radius 1 is 1.56 bits per heavy atom. The molecule has 3 N–H and O–H groups in total. The molecular weight excluding hydrogens is 206 g/mol. The number of rotatable bonds is 2. The average Bonchev–Trinajstić information content (AvgIpc) is 2.28. The lowest BCUT2D eigenvalue weighted by Crippen LogP contribution is -2.41. The monoisotopic (exact) mass is 219 g/mol. The lowest BCUT2D eigenvalue weighted by Gasteiger charge is -2.19. The Bertz CT molecular complexity index is 443. The van der Waals surface area contributed by atoms with Crippen molar-refractivity contribution in [1.82, 2.24) is 5.32 Å². The van der Waals surface area contributed by atoms with Crippen LogP contribution in [-0.4, -0.2) is 19.0 Å². The molecule has 0 fully saturated rings. The molecule has 0 bridgehead atoms. The van der Waals surface area contributed by atoms with E-state index in [1.165, 1.54) is 0 Å². The van der Waals surface area contributed by atoms with Gasteiger partial charge in [0.2, 0.25) is 5.91 Å². The van der Waals surface area contributed by atoms with Crippen LogP contribution in [0.25, 0.3) is 0 Å². The third-order valence-corrected chi connectivity index (χ3v) is 2.42. The third-order valence-electron chi connectivity index (χ3n) is 2.42. The molecule has 0 aliphatic carbocycles. The van der Waals surface area contributed by atoms with Crippen LogP contribution in [0.4, 0.5) is 0 Å². The highest BCUT2D eigenvalue weighted by Gasteiger charge is 2.21. The number of carbonyl (C=O) groups excluding carboxylic acids is 1. The number of amides is 1. The summed E-state index contributed by atoms with van der Waals surface area (Å²) in [5.41, 5.74) is 6.44. The molecule has 0 spiro atoms. The second-order valence-electron chi connectivity index (χ2n) is 3.56. The first kappa shape index (κ1) is 10.5. The summed E-state index contributed by atoms with van der Waals surface area (Å²) in [7, 11) is 1.60. The van der Waals surface area contributed by atoms with Crippen LogP contribution in [-0.2, 0) is 4.79 Å². The van der Waals surface area contributed by atoms with Gasteiger partial charge in [0.15, 0.2) is 5.96 Å². The van der Waals surface area contributed by atoms with Crippen LogP contribution >= 0.6 is 0 Å². The molecule has 1 unspecified atom stereocenters. The van der Waals surface area contributed by atoms with Gasteiger partial charge in [-0.3, -0.25) is 10.1 Å². The van der Waals surface area contributed by atoms with E-state index in [9.17, 15) is 4.79 Å². The molecule has 0 aromatic heterocycles. The van der Waals surface area contributed by atoms with E-state index < -0.39 is 0 Å². The van der Waals surface area contributed by atoms with Crippen molar-refractivity contribution in [3.05, 3.63) is 29.8 Å². The molecule has 16 heavy (non-hydrogen) atoms. The van der Waals surface area contributed by atoms with E-state index in [2.05, 4.69) is 10.3 Å². The molecule has 5 nitrogen and oxygen atoms in total. The summed E-state index contributed by atoms with van der Waals surface area (Å²) < 4.78 is 5.12. The number of hydrogen-bond acceptors (Lipinski definition) is 4. The van der Waals surface area contributed by atoms with Crippen molar-refractivity contribution >= 4 is 11.9 Å². The van der Waals surface area contributed by atoms with Crippen LogP contribution in [0.2, 0.25) is 0 Å². The Hall–Kier alpha value is -2.04. The number of aliphatic imine (C=N–C) groups is 1. The number of benzene rings is 1. The number of ether oxygens (including phenoxy) is 1. The van der Waals surface area contributed by atoms with Gasteiger partial charge in [-0.1, -0.05) is 12.1 Å². The Labute approximate surface area is 93.3 Å². The van der Waals surface area contributed by atoms with Gasteiger partial charge in [-0.05, 0) is 17.7 Å². The van der Waals surface area contributed by atoms with E-state index in [0.717, 1.165) is 11.3 Å². The second-order valence-corrected chi connectivity index (χ2v) is 3.56. The maximum absolute atomic E-state index is 11.3. The number of hydrogen-bond donors (Lipinski definition) is 2. The van der Waals surface area contributed by atoms with E-state index in [4.69, 9.17) is 10.5 Å². The maximum atomic E-state index is 11.3. The standard InChI is InChI=1S/C11H13N3O2/c1-16-8-4-2-3-7(5-8)9-6-10(15)14-11(12)13-9/h2-5,9H,6H2,1H3,(H3,12,13,14,15). The van der Waals surface area contributed by atoms with Gasteiger partial charge in [0, 0.05) is 0 Å². The van der Waals surface area contributed by atoms with Crippen LogP contribution in [0, 0.1) is 0 Å². The largest absolute Gasteiger partial charge is 0.497 e. The summed E-state index contributed by atoms with van der Waals surface area (Å²) in [6.07, 6.45) is 0.313. The molecule has 84 valence electrons. The predicted octanol–water partition coefficient (Wildman–Crippen LogP) is 0.571. The highest BCUT2D eigenvalue weighted by Crippen LogP contribution is 2.26. The van der Waals surface area contributed by atoms with Gasteiger partial charge in [0.05, 0.1) is 19.6 Å². The van der Waals surface area contributed by atoms with Gasteiger partial charge in [-0.25, -0.2) is 4.99 Å². The quantitative estimate of drug-likeness (QED) is 0.763. The first-order valence-corrected chi connectivity index (χ1v) is 4.96. The summed E-state index contributed by atoms with van der Waals surface area (Å²) in [6, 6.07) is 7.26. The number of nitrogens with zero attached hydrogens (tertiary/aromatic N) is 1. The second kappa shape index (κ2) is 4.22. The highest BCUT2D eigenvalue weighted by atomic mass is 16.5. The summed E-state index contributed by atoms with van der Waals surface area (Å²) in [5, 5.41) is 2.47. The Balaban J connectivity index is 2.29. The molecule has 1 heterocycles. The van der Waals surface area contributed by atoms with E-state index in [1.54, 1.807) is 7.11 Å². The summed E-state index contributed by atoms with van der Waals surface area (Å²) in [5.74, 6) is 0.807. The lowest BCUT2D eigenvalue weighted by atomic mass is 10.0. The van der Waals surface area contributed by atoms with E-state index in [0.29, 0.717) is 6.42 Å². The Morgan fingerprint density at radius 3 is 3.06 bits per heavy atom. The molecule has 0 saturated carbocycles. The molecule has 1 aromatic carbocycles. The molecular formula is C11H13N3O2. The van der Waals surface area contributed by atoms with Gasteiger partial charge in [0.25, 0.3) is 0 Å².